The van der Waals surface area contributed by atoms with Crippen LogP contribution in [0, 0.1) is 11.3 Å². The molecule has 0 saturated heterocycles. The second kappa shape index (κ2) is 7.45. The lowest BCUT2D eigenvalue weighted by molar-refractivity contribution is -0.123. The molecule has 0 bridgehead atoms. The van der Waals surface area contributed by atoms with Crippen LogP contribution in [0.1, 0.15) is 26.3 Å². The minimum absolute atomic E-state index is 0.197. The number of ether oxygens (including phenoxy) is 1. The number of rotatable bonds is 3. The van der Waals surface area contributed by atoms with E-state index in [0.717, 1.165) is 0 Å². The van der Waals surface area contributed by atoms with E-state index in [1.54, 1.807) is 24.3 Å². The second-order valence-electron chi connectivity index (χ2n) is 5.27. The van der Waals surface area contributed by atoms with E-state index in [9.17, 15) is 4.79 Å². The van der Waals surface area contributed by atoms with E-state index in [-0.39, 0.29) is 12.1 Å². The highest BCUT2D eigenvalue weighted by atomic mass is 32.1. The molecular formula is C14H18N4O2S. The molecule has 3 N–H and O–H groups in total. The lowest BCUT2D eigenvalue weighted by Crippen LogP contribution is -2.53. The molecule has 112 valence electrons. The van der Waals surface area contributed by atoms with Gasteiger partial charge in [-0.1, -0.05) is 12.1 Å². The number of benzene rings is 1. The monoisotopic (exact) mass is 306 g/mol. The molecule has 21 heavy (non-hydrogen) atoms. The molecule has 7 heteroatoms. The molecule has 0 aliphatic heterocycles. The number of hydrazine groups is 1. The topological polar surface area (TPSA) is 86.2 Å². The predicted octanol–water partition coefficient (Wildman–Crippen LogP) is 1.23. The summed E-state index contributed by atoms with van der Waals surface area (Å²) in [5.74, 6) is -0.0358. The summed E-state index contributed by atoms with van der Waals surface area (Å²) in [6.07, 6.45) is 0. The fourth-order valence-corrected chi connectivity index (χ4v) is 1.72. The van der Waals surface area contributed by atoms with Crippen molar-refractivity contribution < 1.29 is 9.53 Å². The number of para-hydroxylation sites is 1. The molecule has 0 radical (unpaired) electrons. The SMILES string of the molecule is CC(C)(C)NC(=S)NNC(=O)COc1ccccc1C#N. The van der Waals surface area contributed by atoms with Crippen molar-refractivity contribution in [2.75, 3.05) is 6.61 Å². The molecule has 1 aromatic rings. The molecule has 0 aromatic heterocycles. The third-order valence-corrected chi connectivity index (χ3v) is 2.37. The van der Waals surface area contributed by atoms with Gasteiger partial charge in [-0.15, -0.1) is 0 Å². The molecule has 6 nitrogen and oxygen atoms in total. The zero-order valence-corrected chi connectivity index (χ0v) is 13.0. The molecule has 0 atom stereocenters. The Morgan fingerprint density at radius 3 is 2.62 bits per heavy atom. The summed E-state index contributed by atoms with van der Waals surface area (Å²) in [7, 11) is 0. The maximum Gasteiger partial charge on any atom is 0.276 e. The first kappa shape index (κ1) is 16.7. The summed E-state index contributed by atoms with van der Waals surface area (Å²) < 4.78 is 5.28. The van der Waals surface area contributed by atoms with Gasteiger partial charge >= 0.3 is 0 Å². The van der Waals surface area contributed by atoms with Crippen LogP contribution in [0.5, 0.6) is 5.75 Å². The fourth-order valence-electron chi connectivity index (χ4n) is 1.36. The van der Waals surface area contributed by atoms with Gasteiger partial charge in [-0.05, 0) is 45.1 Å². The molecule has 0 saturated carbocycles. The van der Waals surface area contributed by atoms with E-state index in [1.807, 2.05) is 26.8 Å². The Balaban J connectivity index is 2.38. The number of hydrogen-bond acceptors (Lipinski definition) is 4. The Bertz CT molecular complexity index is 561. The first-order chi connectivity index (χ1) is 9.81. The van der Waals surface area contributed by atoms with Crippen molar-refractivity contribution >= 4 is 23.2 Å². The van der Waals surface area contributed by atoms with Crippen molar-refractivity contribution in [3.63, 3.8) is 0 Å². The van der Waals surface area contributed by atoms with E-state index in [2.05, 4.69) is 16.2 Å². The summed E-state index contributed by atoms with van der Waals surface area (Å²) in [5.41, 5.74) is 5.17. The molecule has 1 rings (SSSR count). The zero-order valence-electron chi connectivity index (χ0n) is 12.2. The summed E-state index contributed by atoms with van der Waals surface area (Å²) in [6.45, 7) is 5.63. The molecule has 0 fully saturated rings. The van der Waals surface area contributed by atoms with Crippen LogP contribution >= 0.6 is 12.2 Å². The standard InChI is InChI=1S/C14H18N4O2S/c1-14(2,3)16-13(21)18-17-12(19)9-20-11-7-5-4-6-10(11)8-15/h4-7H,9H2,1-3H3,(H,17,19)(H2,16,18,21). The highest BCUT2D eigenvalue weighted by Crippen LogP contribution is 2.15. The molecular weight excluding hydrogens is 288 g/mol. The van der Waals surface area contributed by atoms with Crippen molar-refractivity contribution in [3.8, 4) is 11.8 Å². The number of carbonyl (C=O) groups is 1. The van der Waals surface area contributed by atoms with Crippen molar-refractivity contribution in [2.24, 2.45) is 0 Å². The quantitative estimate of drug-likeness (QED) is 0.575. The first-order valence-electron chi connectivity index (χ1n) is 6.31. The van der Waals surface area contributed by atoms with Crippen LogP contribution in [-0.2, 0) is 4.79 Å². The van der Waals surface area contributed by atoms with Crippen molar-refractivity contribution in [3.05, 3.63) is 29.8 Å². The largest absolute Gasteiger partial charge is 0.482 e. The lowest BCUT2D eigenvalue weighted by atomic mass is 10.1. The van der Waals surface area contributed by atoms with Crippen LogP contribution in [-0.4, -0.2) is 23.2 Å². The van der Waals surface area contributed by atoms with E-state index in [0.29, 0.717) is 16.4 Å². The Hall–Kier alpha value is -2.33. The molecule has 0 aliphatic rings. The van der Waals surface area contributed by atoms with Gasteiger partial charge in [-0.3, -0.25) is 15.6 Å². The van der Waals surface area contributed by atoms with Gasteiger partial charge in [0.05, 0.1) is 5.56 Å². The van der Waals surface area contributed by atoms with E-state index in [4.69, 9.17) is 22.2 Å². The summed E-state index contributed by atoms with van der Waals surface area (Å²) >= 11 is 5.02. The van der Waals surface area contributed by atoms with E-state index >= 15 is 0 Å². The van der Waals surface area contributed by atoms with Gasteiger partial charge in [0.15, 0.2) is 11.7 Å². The molecule has 1 amide bonds. The van der Waals surface area contributed by atoms with E-state index in [1.165, 1.54) is 0 Å². The van der Waals surface area contributed by atoms with Gasteiger partial charge in [0.2, 0.25) is 0 Å². The summed E-state index contributed by atoms with van der Waals surface area (Å²) in [5, 5.41) is 12.2. The minimum atomic E-state index is -0.402. The lowest BCUT2D eigenvalue weighted by Gasteiger charge is -2.23. The van der Waals surface area contributed by atoms with Gasteiger partial charge in [-0.2, -0.15) is 5.26 Å². The second-order valence-corrected chi connectivity index (χ2v) is 5.68. The fraction of sp³-hybridized carbons (Fsp3) is 0.357. The minimum Gasteiger partial charge on any atom is -0.482 e. The highest BCUT2D eigenvalue weighted by molar-refractivity contribution is 7.80. The zero-order chi connectivity index (χ0) is 15.9. The number of thiocarbonyl (C=S) groups is 1. The molecule has 1 aromatic carbocycles. The van der Waals surface area contributed by atoms with Crippen LogP contribution < -0.4 is 20.9 Å². The maximum atomic E-state index is 11.6. The van der Waals surface area contributed by atoms with Gasteiger partial charge in [0, 0.05) is 5.54 Å². The molecule has 0 heterocycles. The average molecular weight is 306 g/mol. The van der Waals surface area contributed by atoms with Gasteiger partial charge in [-0.25, -0.2) is 0 Å². The smallest absolute Gasteiger partial charge is 0.276 e. The normalized spacial score (nSPS) is 10.2. The van der Waals surface area contributed by atoms with Gasteiger partial charge in [0.25, 0.3) is 5.91 Å². The Labute approximate surface area is 129 Å². The molecule has 0 spiro atoms. The van der Waals surface area contributed by atoms with Crippen LogP contribution in [0.25, 0.3) is 0 Å². The number of nitrogens with one attached hydrogen (secondary N) is 3. The predicted molar refractivity (Wildman–Crippen MR) is 83.4 cm³/mol. The number of nitrogens with zero attached hydrogens (tertiary/aromatic N) is 1. The summed E-state index contributed by atoms with van der Waals surface area (Å²) in [6, 6.07) is 8.70. The van der Waals surface area contributed by atoms with Gasteiger partial charge < -0.3 is 10.1 Å². The highest BCUT2D eigenvalue weighted by Gasteiger charge is 2.11. The van der Waals surface area contributed by atoms with E-state index < -0.39 is 5.91 Å². The number of carbonyl (C=O) groups excluding carboxylic acids is 1. The molecule has 0 unspecified atom stereocenters. The van der Waals surface area contributed by atoms with Crippen molar-refractivity contribution in [2.45, 2.75) is 26.3 Å². The van der Waals surface area contributed by atoms with Crippen molar-refractivity contribution in [1.29, 1.82) is 5.26 Å². The van der Waals surface area contributed by atoms with Gasteiger partial charge in [0.1, 0.15) is 11.8 Å². The third-order valence-electron chi connectivity index (χ3n) is 2.17. The third kappa shape index (κ3) is 6.58. The number of hydrogen-bond donors (Lipinski definition) is 3. The Morgan fingerprint density at radius 1 is 1.33 bits per heavy atom. The van der Waals surface area contributed by atoms with Crippen LogP contribution in [0.15, 0.2) is 24.3 Å². The Morgan fingerprint density at radius 2 is 2.00 bits per heavy atom. The average Bonchev–Trinajstić information content (AvgIpc) is 2.41. The molecule has 0 aliphatic carbocycles. The maximum absolute atomic E-state index is 11.6. The summed E-state index contributed by atoms with van der Waals surface area (Å²) in [4.78, 5) is 11.6. The Kier molecular flexibility index (Phi) is 5.93. The first-order valence-corrected chi connectivity index (χ1v) is 6.71. The van der Waals surface area contributed by atoms with Crippen LogP contribution in [0.2, 0.25) is 0 Å². The van der Waals surface area contributed by atoms with Crippen LogP contribution in [0.4, 0.5) is 0 Å². The number of nitriles is 1. The van der Waals surface area contributed by atoms with Crippen molar-refractivity contribution in [1.82, 2.24) is 16.2 Å². The number of amides is 1. The van der Waals surface area contributed by atoms with Crippen LogP contribution in [0.3, 0.4) is 0 Å².